The van der Waals surface area contributed by atoms with E-state index in [2.05, 4.69) is 32.8 Å². The van der Waals surface area contributed by atoms with Gasteiger partial charge in [-0.05, 0) is 56.4 Å². The Bertz CT molecular complexity index is 948. The Hall–Kier alpha value is -1.83. The number of nitrogens with zero attached hydrogens (tertiary/aromatic N) is 4. The van der Waals surface area contributed by atoms with Crippen LogP contribution >= 0.6 is 23.4 Å². The van der Waals surface area contributed by atoms with Crippen molar-refractivity contribution in [2.75, 3.05) is 12.3 Å². The molecule has 1 saturated carbocycles. The standard InChI is InChI=1S/C19H23ClN6S/c1-11-7-14(20)9-15(8-11)27-19-25-16-17(21)23-10-24-18(16)26(19)6-5-22-12(2)13-3-4-13/h7-10,12-13,22H,3-6H2,1-2H3,(H2,21,23,24)/t12-/m0/s1. The fraction of sp³-hybridized carbons (Fsp3) is 0.421. The molecule has 1 aromatic carbocycles. The maximum absolute atomic E-state index is 6.22. The molecule has 142 valence electrons. The van der Waals surface area contributed by atoms with E-state index in [9.17, 15) is 0 Å². The van der Waals surface area contributed by atoms with Crippen molar-refractivity contribution in [1.29, 1.82) is 0 Å². The zero-order valence-corrected chi connectivity index (χ0v) is 17.0. The molecule has 3 N–H and O–H groups in total. The third-order valence-corrected chi connectivity index (χ3v) is 6.06. The summed E-state index contributed by atoms with van der Waals surface area (Å²) in [6.07, 6.45) is 4.16. The molecule has 8 heteroatoms. The summed E-state index contributed by atoms with van der Waals surface area (Å²) in [7, 11) is 0. The zero-order valence-electron chi connectivity index (χ0n) is 15.4. The Morgan fingerprint density at radius 2 is 2.15 bits per heavy atom. The highest BCUT2D eigenvalue weighted by atomic mass is 35.5. The summed E-state index contributed by atoms with van der Waals surface area (Å²) >= 11 is 7.79. The van der Waals surface area contributed by atoms with E-state index in [-0.39, 0.29) is 0 Å². The second kappa shape index (κ2) is 7.66. The van der Waals surface area contributed by atoms with Crippen LogP contribution in [-0.4, -0.2) is 32.1 Å². The normalized spacial score (nSPS) is 15.4. The van der Waals surface area contributed by atoms with Gasteiger partial charge in [0.1, 0.15) is 6.33 Å². The predicted molar refractivity (Wildman–Crippen MR) is 110 cm³/mol. The molecule has 0 bridgehead atoms. The molecule has 0 unspecified atom stereocenters. The number of hydrogen-bond acceptors (Lipinski definition) is 6. The van der Waals surface area contributed by atoms with Crippen molar-refractivity contribution in [3.05, 3.63) is 35.1 Å². The van der Waals surface area contributed by atoms with Crippen LogP contribution in [0.15, 0.2) is 34.6 Å². The number of benzene rings is 1. The zero-order chi connectivity index (χ0) is 19.0. The first-order valence-corrected chi connectivity index (χ1v) is 10.4. The number of imidazole rings is 1. The minimum Gasteiger partial charge on any atom is -0.382 e. The molecule has 2 heterocycles. The van der Waals surface area contributed by atoms with Crippen molar-refractivity contribution in [3.8, 4) is 0 Å². The van der Waals surface area contributed by atoms with E-state index < -0.39 is 0 Å². The van der Waals surface area contributed by atoms with Crippen LogP contribution in [0.3, 0.4) is 0 Å². The lowest BCUT2D eigenvalue weighted by molar-refractivity contribution is 0.469. The van der Waals surface area contributed by atoms with E-state index in [4.69, 9.17) is 22.3 Å². The molecule has 1 atom stereocenters. The van der Waals surface area contributed by atoms with Crippen molar-refractivity contribution >= 4 is 40.3 Å². The van der Waals surface area contributed by atoms with Crippen LogP contribution < -0.4 is 11.1 Å². The Balaban J connectivity index is 1.62. The minimum absolute atomic E-state index is 0.405. The molecule has 0 saturated heterocycles. The van der Waals surface area contributed by atoms with Crippen LogP contribution in [0.2, 0.25) is 5.02 Å². The summed E-state index contributed by atoms with van der Waals surface area (Å²) in [4.78, 5) is 14.3. The summed E-state index contributed by atoms with van der Waals surface area (Å²) in [6, 6.07) is 6.54. The molecular weight excluding hydrogens is 380 g/mol. The smallest absolute Gasteiger partial charge is 0.175 e. The van der Waals surface area contributed by atoms with Gasteiger partial charge in [-0.25, -0.2) is 15.0 Å². The molecule has 3 aromatic rings. The number of halogens is 1. The van der Waals surface area contributed by atoms with Crippen molar-refractivity contribution in [2.45, 2.75) is 49.3 Å². The van der Waals surface area contributed by atoms with Crippen molar-refractivity contribution in [2.24, 2.45) is 5.92 Å². The molecule has 1 aliphatic rings. The maximum atomic E-state index is 6.22. The van der Waals surface area contributed by atoms with Crippen LogP contribution in [0.1, 0.15) is 25.3 Å². The third kappa shape index (κ3) is 4.20. The average Bonchev–Trinajstić information content (AvgIpc) is 3.39. The summed E-state index contributed by atoms with van der Waals surface area (Å²) in [5.41, 5.74) is 8.56. The topological polar surface area (TPSA) is 81.7 Å². The lowest BCUT2D eigenvalue weighted by atomic mass is 10.2. The quantitative estimate of drug-likeness (QED) is 0.623. The van der Waals surface area contributed by atoms with E-state index in [1.54, 1.807) is 11.8 Å². The molecule has 1 fully saturated rings. The highest BCUT2D eigenvalue weighted by Gasteiger charge is 2.27. The first kappa shape index (κ1) is 18.5. The van der Waals surface area contributed by atoms with Crippen LogP contribution in [0.25, 0.3) is 11.2 Å². The maximum Gasteiger partial charge on any atom is 0.175 e. The summed E-state index contributed by atoms with van der Waals surface area (Å²) < 4.78 is 2.11. The van der Waals surface area contributed by atoms with E-state index >= 15 is 0 Å². The van der Waals surface area contributed by atoms with E-state index in [1.165, 1.54) is 19.2 Å². The number of fused-ring (bicyclic) bond motifs is 1. The van der Waals surface area contributed by atoms with Gasteiger partial charge in [0, 0.05) is 29.0 Å². The minimum atomic E-state index is 0.405. The van der Waals surface area contributed by atoms with Gasteiger partial charge in [0.25, 0.3) is 0 Å². The molecule has 1 aliphatic carbocycles. The van der Waals surface area contributed by atoms with Crippen molar-refractivity contribution < 1.29 is 0 Å². The molecule has 0 radical (unpaired) electrons. The molecule has 6 nitrogen and oxygen atoms in total. The average molecular weight is 403 g/mol. The summed E-state index contributed by atoms with van der Waals surface area (Å²) in [5, 5.41) is 5.19. The Morgan fingerprint density at radius 3 is 2.89 bits per heavy atom. The fourth-order valence-corrected chi connectivity index (χ4v) is 4.67. The predicted octanol–water partition coefficient (Wildman–Crippen LogP) is 3.91. The molecule has 4 rings (SSSR count). The van der Waals surface area contributed by atoms with Crippen molar-refractivity contribution in [3.63, 3.8) is 0 Å². The molecular formula is C19H23ClN6S. The number of rotatable bonds is 7. The van der Waals surface area contributed by atoms with Crippen molar-refractivity contribution in [1.82, 2.24) is 24.8 Å². The second-order valence-corrected chi connectivity index (χ2v) is 8.60. The Labute approximate surface area is 167 Å². The third-order valence-electron chi connectivity index (χ3n) is 4.88. The number of nitrogens with one attached hydrogen (secondary N) is 1. The number of anilines is 1. The van der Waals surface area contributed by atoms with Gasteiger partial charge in [-0.15, -0.1) is 0 Å². The van der Waals surface area contributed by atoms with E-state index in [0.717, 1.165) is 45.3 Å². The van der Waals surface area contributed by atoms with Crippen LogP contribution in [0.5, 0.6) is 0 Å². The number of aromatic nitrogens is 4. The number of hydrogen-bond donors (Lipinski definition) is 2. The Morgan fingerprint density at radius 1 is 1.33 bits per heavy atom. The lowest BCUT2D eigenvalue weighted by Crippen LogP contribution is -2.31. The summed E-state index contributed by atoms with van der Waals surface area (Å²) in [6.45, 7) is 5.92. The molecule has 0 amide bonds. The van der Waals surface area contributed by atoms with Gasteiger partial charge >= 0.3 is 0 Å². The fourth-order valence-electron chi connectivity index (χ4n) is 3.25. The molecule has 2 aromatic heterocycles. The van der Waals surface area contributed by atoms with Gasteiger partial charge in [0.15, 0.2) is 22.1 Å². The highest BCUT2D eigenvalue weighted by Crippen LogP contribution is 2.33. The van der Waals surface area contributed by atoms with Gasteiger partial charge in [-0.1, -0.05) is 23.4 Å². The van der Waals surface area contributed by atoms with Gasteiger partial charge in [-0.2, -0.15) is 0 Å². The van der Waals surface area contributed by atoms with Crippen LogP contribution in [0.4, 0.5) is 5.82 Å². The second-order valence-electron chi connectivity index (χ2n) is 7.12. The highest BCUT2D eigenvalue weighted by molar-refractivity contribution is 7.99. The largest absolute Gasteiger partial charge is 0.382 e. The molecule has 27 heavy (non-hydrogen) atoms. The van der Waals surface area contributed by atoms with Crippen LogP contribution in [-0.2, 0) is 6.54 Å². The number of aryl methyl sites for hydroxylation is 1. The summed E-state index contributed by atoms with van der Waals surface area (Å²) in [5.74, 6) is 1.23. The Kier molecular flexibility index (Phi) is 5.25. The van der Waals surface area contributed by atoms with Crippen LogP contribution in [0, 0.1) is 12.8 Å². The molecule has 0 aliphatic heterocycles. The number of nitrogens with two attached hydrogens (primary N) is 1. The SMILES string of the molecule is Cc1cc(Cl)cc(Sc2nc3c(N)ncnc3n2CCN[C@@H](C)C2CC2)c1. The monoisotopic (exact) mass is 402 g/mol. The first-order chi connectivity index (χ1) is 13.0. The molecule has 0 spiro atoms. The van der Waals surface area contributed by atoms with Gasteiger partial charge in [0.2, 0.25) is 0 Å². The van der Waals surface area contributed by atoms with E-state index in [0.29, 0.717) is 17.4 Å². The lowest BCUT2D eigenvalue weighted by Gasteiger charge is -2.14. The van der Waals surface area contributed by atoms with Gasteiger partial charge in [0.05, 0.1) is 0 Å². The van der Waals surface area contributed by atoms with Gasteiger partial charge < -0.3 is 15.6 Å². The number of nitrogen functional groups attached to an aromatic ring is 1. The van der Waals surface area contributed by atoms with Gasteiger partial charge in [-0.3, -0.25) is 0 Å². The van der Waals surface area contributed by atoms with E-state index in [1.807, 2.05) is 19.1 Å². The first-order valence-electron chi connectivity index (χ1n) is 9.16.